The van der Waals surface area contributed by atoms with E-state index in [1.54, 1.807) is 4.90 Å². The van der Waals surface area contributed by atoms with E-state index < -0.39 is 0 Å². The SMILES string of the molecule is CC(C)(C)NC(=O)[C@H]1[C@@H]2[C@@H](CO)N2C(=O)[C@@H]2CCCN21. The predicted octanol–water partition coefficient (Wildman–Crippen LogP) is -0.681. The molecule has 0 aliphatic carbocycles. The van der Waals surface area contributed by atoms with Crippen molar-refractivity contribution < 1.29 is 14.7 Å². The van der Waals surface area contributed by atoms with Crippen molar-refractivity contribution in [2.75, 3.05) is 13.2 Å². The van der Waals surface area contributed by atoms with Crippen molar-refractivity contribution in [1.29, 1.82) is 0 Å². The van der Waals surface area contributed by atoms with Crippen molar-refractivity contribution in [2.45, 2.75) is 63.3 Å². The van der Waals surface area contributed by atoms with Gasteiger partial charge in [0.2, 0.25) is 11.8 Å². The molecule has 3 aliphatic rings. The molecule has 20 heavy (non-hydrogen) atoms. The molecule has 0 bridgehead atoms. The quantitative estimate of drug-likeness (QED) is 0.658. The van der Waals surface area contributed by atoms with E-state index in [9.17, 15) is 14.7 Å². The second-order valence-corrected chi connectivity index (χ2v) is 7.07. The highest BCUT2D eigenvalue weighted by Gasteiger charge is 2.65. The molecule has 3 heterocycles. The Morgan fingerprint density at radius 2 is 2.15 bits per heavy atom. The molecule has 2 amide bonds. The van der Waals surface area contributed by atoms with Crippen LogP contribution in [0.25, 0.3) is 0 Å². The van der Waals surface area contributed by atoms with Crippen LogP contribution in [0.2, 0.25) is 0 Å². The minimum absolute atomic E-state index is 0.0251. The summed E-state index contributed by atoms with van der Waals surface area (Å²) in [5.41, 5.74) is -0.289. The number of amides is 2. The zero-order chi connectivity index (χ0) is 14.7. The molecule has 3 saturated heterocycles. The van der Waals surface area contributed by atoms with Crippen LogP contribution in [-0.4, -0.2) is 69.6 Å². The van der Waals surface area contributed by atoms with Gasteiger partial charge in [0.05, 0.1) is 24.7 Å². The van der Waals surface area contributed by atoms with Gasteiger partial charge in [0, 0.05) is 5.54 Å². The predicted molar refractivity (Wildman–Crippen MR) is 72.9 cm³/mol. The zero-order valence-electron chi connectivity index (χ0n) is 12.3. The lowest BCUT2D eigenvalue weighted by Crippen LogP contribution is -2.61. The molecule has 0 unspecified atom stereocenters. The van der Waals surface area contributed by atoms with Gasteiger partial charge in [-0.15, -0.1) is 0 Å². The van der Waals surface area contributed by atoms with E-state index in [0.717, 1.165) is 19.4 Å². The molecule has 6 heteroatoms. The number of hydrogen-bond acceptors (Lipinski definition) is 4. The third-order valence-corrected chi connectivity index (χ3v) is 4.45. The smallest absolute Gasteiger partial charge is 0.240 e. The van der Waals surface area contributed by atoms with Gasteiger partial charge in [-0.1, -0.05) is 0 Å². The zero-order valence-corrected chi connectivity index (χ0v) is 12.3. The average Bonchev–Trinajstić information content (AvgIpc) is 2.83. The molecule has 4 atom stereocenters. The van der Waals surface area contributed by atoms with Crippen molar-refractivity contribution in [1.82, 2.24) is 15.1 Å². The van der Waals surface area contributed by atoms with Crippen LogP contribution >= 0.6 is 0 Å². The van der Waals surface area contributed by atoms with Gasteiger partial charge in [-0.2, -0.15) is 0 Å². The first-order chi connectivity index (χ1) is 9.35. The van der Waals surface area contributed by atoms with E-state index in [0.29, 0.717) is 0 Å². The fourth-order valence-electron chi connectivity index (χ4n) is 3.67. The van der Waals surface area contributed by atoms with Crippen LogP contribution in [0.5, 0.6) is 0 Å². The monoisotopic (exact) mass is 281 g/mol. The topological polar surface area (TPSA) is 72.6 Å². The van der Waals surface area contributed by atoms with Crippen molar-refractivity contribution in [2.24, 2.45) is 0 Å². The van der Waals surface area contributed by atoms with Gasteiger partial charge >= 0.3 is 0 Å². The molecule has 0 radical (unpaired) electrons. The fraction of sp³-hybridized carbons (Fsp3) is 0.857. The van der Waals surface area contributed by atoms with Gasteiger partial charge in [-0.25, -0.2) is 0 Å². The summed E-state index contributed by atoms with van der Waals surface area (Å²) in [5.74, 6) is 0.0641. The molecular formula is C14H23N3O3. The van der Waals surface area contributed by atoms with E-state index in [1.807, 2.05) is 25.7 Å². The number of carbonyl (C=O) groups is 2. The Balaban J connectivity index is 1.84. The van der Waals surface area contributed by atoms with E-state index in [1.165, 1.54) is 0 Å². The fourth-order valence-corrected chi connectivity index (χ4v) is 3.67. The van der Waals surface area contributed by atoms with Crippen LogP contribution in [0.15, 0.2) is 0 Å². The summed E-state index contributed by atoms with van der Waals surface area (Å²) in [4.78, 5) is 28.7. The molecule has 0 aromatic heterocycles. The highest BCUT2D eigenvalue weighted by atomic mass is 16.3. The maximum atomic E-state index is 12.6. The van der Waals surface area contributed by atoms with Crippen LogP contribution in [0, 0.1) is 0 Å². The van der Waals surface area contributed by atoms with E-state index in [4.69, 9.17) is 0 Å². The Kier molecular flexibility index (Phi) is 3.06. The molecule has 3 fully saturated rings. The molecule has 112 valence electrons. The molecule has 2 N–H and O–H groups in total. The van der Waals surface area contributed by atoms with Gasteiger partial charge in [-0.3, -0.25) is 14.5 Å². The summed E-state index contributed by atoms with van der Waals surface area (Å²) < 4.78 is 0. The molecule has 3 aliphatic heterocycles. The highest BCUT2D eigenvalue weighted by Crippen LogP contribution is 2.42. The number of rotatable bonds is 2. The van der Waals surface area contributed by atoms with Crippen molar-refractivity contribution in [3.63, 3.8) is 0 Å². The van der Waals surface area contributed by atoms with Gasteiger partial charge in [0.15, 0.2) is 0 Å². The first-order valence-electron chi connectivity index (χ1n) is 7.36. The van der Waals surface area contributed by atoms with E-state index in [2.05, 4.69) is 5.32 Å². The van der Waals surface area contributed by atoms with Gasteiger partial charge in [0.25, 0.3) is 0 Å². The number of hydrogen-bond donors (Lipinski definition) is 2. The molecule has 0 saturated carbocycles. The summed E-state index contributed by atoms with van der Waals surface area (Å²) in [6, 6.07) is -0.803. The average molecular weight is 281 g/mol. The summed E-state index contributed by atoms with van der Waals surface area (Å²) in [6.45, 7) is 6.59. The number of nitrogens with zero attached hydrogens (tertiary/aromatic N) is 2. The third kappa shape index (κ3) is 2.02. The van der Waals surface area contributed by atoms with Crippen molar-refractivity contribution in [3.05, 3.63) is 0 Å². The standard InChI is InChI=1S/C14H23N3O3/c1-14(2,3)15-12(19)11-10-9(7-18)17(10)13(20)8-5-4-6-16(8)11/h8-11,18H,4-7H2,1-3H3,(H,15,19)/t8-,9+,10-,11+,17?/m0/s1. The molecule has 0 spiro atoms. The number of aliphatic hydroxyl groups is 1. The van der Waals surface area contributed by atoms with Gasteiger partial charge in [-0.05, 0) is 40.2 Å². The Morgan fingerprint density at radius 3 is 2.75 bits per heavy atom. The lowest BCUT2D eigenvalue weighted by molar-refractivity contribution is -0.140. The Morgan fingerprint density at radius 1 is 1.45 bits per heavy atom. The summed E-state index contributed by atoms with van der Waals surface area (Å²) >= 11 is 0. The Labute approximate surface area is 119 Å². The maximum absolute atomic E-state index is 12.6. The van der Waals surface area contributed by atoms with E-state index in [-0.39, 0.29) is 48.1 Å². The second-order valence-electron chi connectivity index (χ2n) is 7.07. The molecule has 0 aromatic carbocycles. The molecule has 3 rings (SSSR count). The molecule has 6 nitrogen and oxygen atoms in total. The number of aliphatic hydroxyl groups excluding tert-OH is 1. The highest BCUT2D eigenvalue weighted by molar-refractivity contribution is 5.93. The van der Waals surface area contributed by atoms with Crippen molar-refractivity contribution >= 4 is 11.8 Å². The third-order valence-electron chi connectivity index (χ3n) is 4.45. The number of piperazine rings is 1. The number of fused-ring (bicyclic) bond motifs is 2. The minimum atomic E-state index is -0.309. The van der Waals surface area contributed by atoms with Crippen LogP contribution in [0.3, 0.4) is 0 Å². The van der Waals surface area contributed by atoms with Crippen molar-refractivity contribution in [3.8, 4) is 0 Å². The first-order valence-corrected chi connectivity index (χ1v) is 7.36. The summed E-state index contributed by atoms with van der Waals surface area (Å²) in [6.07, 6.45) is 1.78. The Hall–Kier alpha value is -1.14. The van der Waals surface area contributed by atoms with Crippen LogP contribution in [0.1, 0.15) is 33.6 Å². The van der Waals surface area contributed by atoms with Crippen LogP contribution in [-0.2, 0) is 9.59 Å². The minimum Gasteiger partial charge on any atom is -0.394 e. The largest absolute Gasteiger partial charge is 0.394 e. The molecule has 0 aromatic rings. The lowest BCUT2D eigenvalue weighted by Gasteiger charge is -2.37. The number of carbonyl (C=O) groups excluding carboxylic acids is 2. The number of nitrogens with one attached hydrogen (secondary N) is 1. The maximum Gasteiger partial charge on any atom is 0.240 e. The molecular weight excluding hydrogens is 258 g/mol. The van der Waals surface area contributed by atoms with Crippen LogP contribution in [0.4, 0.5) is 0 Å². The normalized spacial score (nSPS) is 36.6. The second kappa shape index (κ2) is 4.43. The van der Waals surface area contributed by atoms with Gasteiger partial charge < -0.3 is 15.3 Å². The Bertz CT molecular complexity index is 445. The van der Waals surface area contributed by atoms with E-state index >= 15 is 0 Å². The summed E-state index contributed by atoms with van der Waals surface area (Å²) in [7, 11) is 0. The van der Waals surface area contributed by atoms with Crippen LogP contribution < -0.4 is 5.32 Å². The summed E-state index contributed by atoms with van der Waals surface area (Å²) in [5, 5.41) is 12.4. The first kappa shape index (κ1) is 13.8. The van der Waals surface area contributed by atoms with Gasteiger partial charge in [0.1, 0.15) is 6.04 Å². The lowest BCUT2D eigenvalue weighted by atomic mass is 10.0.